The van der Waals surface area contributed by atoms with Crippen LogP contribution in [-0.2, 0) is 0 Å². The van der Waals surface area contributed by atoms with Crippen molar-refractivity contribution >= 4 is 22.6 Å². The first-order chi connectivity index (χ1) is 11.9. The van der Waals surface area contributed by atoms with Crippen LogP contribution in [0.15, 0.2) is 42.5 Å². The van der Waals surface area contributed by atoms with E-state index in [4.69, 9.17) is 10.5 Å². The average Bonchev–Trinajstić information content (AvgIpc) is 2.62. The summed E-state index contributed by atoms with van der Waals surface area (Å²) in [5.74, 6) is -1.04. The highest BCUT2D eigenvalue weighted by atomic mass is 16.4. The van der Waals surface area contributed by atoms with Crippen LogP contribution in [0, 0.1) is 5.41 Å². The zero-order valence-corrected chi connectivity index (χ0v) is 16.0. The molecule has 4 nitrogen and oxygen atoms in total. The molecule has 0 saturated carbocycles. The number of carbonyl (C=O) groups is 1. The topological polar surface area (TPSA) is 74.0 Å². The van der Waals surface area contributed by atoms with Crippen LogP contribution >= 0.6 is 0 Å². The molecule has 0 aliphatic heterocycles. The largest absolute Gasteiger partial charge is 0.477 e. The lowest BCUT2D eigenvalue weighted by molar-refractivity contribution is 0.0691. The van der Waals surface area contributed by atoms with E-state index in [1.165, 1.54) is 18.9 Å². The second-order valence-corrected chi connectivity index (χ2v) is 5.48. The third-order valence-electron chi connectivity index (χ3n) is 3.33. The molecule has 1 heterocycles. The number of hydrogen-bond acceptors (Lipinski definition) is 3. The first-order valence-corrected chi connectivity index (χ1v) is 8.72. The number of benzene rings is 1. The Labute approximate surface area is 151 Å². The summed E-state index contributed by atoms with van der Waals surface area (Å²) in [7, 11) is 0. The highest BCUT2D eigenvalue weighted by molar-refractivity contribution is 6.07. The van der Waals surface area contributed by atoms with Crippen molar-refractivity contribution in [2.24, 2.45) is 0 Å². The number of hydrogen-bond donors (Lipinski definition) is 2. The lowest BCUT2D eigenvalue weighted by atomic mass is 10.0. The maximum atomic E-state index is 10.8. The fourth-order valence-corrected chi connectivity index (χ4v) is 1.84. The maximum absolute atomic E-state index is 10.8. The fraction of sp³-hybridized carbons (Fsp3) is 0.381. The van der Waals surface area contributed by atoms with E-state index < -0.39 is 5.97 Å². The van der Waals surface area contributed by atoms with Crippen LogP contribution in [-0.4, -0.2) is 21.8 Å². The summed E-state index contributed by atoms with van der Waals surface area (Å²) in [5.41, 5.74) is 1.84. The van der Waals surface area contributed by atoms with E-state index in [0.29, 0.717) is 11.2 Å². The number of aromatic carboxylic acids is 1. The van der Waals surface area contributed by atoms with Crippen LogP contribution in [0.2, 0.25) is 0 Å². The number of nitrogens with zero attached hydrogens (tertiary/aromatic N) is 1. The molecule has 2 rings (SSSR count). The lowest BCUT2D eigenvalue weighted by Crippen LogP contribution is -2.01. The van der Waals surface area contributed by atoms with Crippen molar-refractivity contribution in [1.82, 2.24) is 4.98 Å². The third kappa shape index (κ3) is 8.25. The Kier molecular flexibility index (Phi) is 11.6. The smallest absolute Gasteiger partial charge is 0.354 e. The van der Waals surface area contributed by atoms with Crippen LogP contribution < -0.4 is 0 Å². The third-order valence-corrected chi connectivity index (χ3v) is 3.33. The zero-order chi connectivity index (χ0) is 19.2. The number of allylic oxidation sites excluding steroid dienone is 2. The Bertz CT molecular complexity index is 704. The van der Waals surface area contributed by atoms with Crippen molar-refractivity contribution in [3.63, 3.8) is 0 Å². The van der Waals surface area contributed by atoms with E-state index >= 15 is 0 Å². The van der Waals surface area contributed by atoms with Crippen molar-refractivity contribution in [3.05, 3.63) is 53.7 Å². The summed E-state index contributed by atoms with van der Waals surface area (Å²) in [6, 6.07) is 8.49. The normalized spacial score (nSPS) is 9.80. The van der Waals surface area contributed by atoms with E-state index in [0.717, 1.165) is 17.4 Å². The van der Waals surface area contributed by atoms with E-state index in [-0.39, 0.29) is 5.69 Å². The van der Waals surface area contributed by atoms with Gasteiger partial charge in [-0.3, -0.25) is 0 Å². The van der Waals surface area contributed by atoms with Crippen molar-refractivity contribution < 1.29 is 9.90 Å². The summed E-state index contributed by atoms with van der Waals surface area (Å²) in [5, 5.41) is 17.2. The molecule has 136 valence electrons. The molecule has 2 N–H and O–H groups in total. The number of aromatic nitrogens is 1. The Hall–Kier alpha value is -2.49. The number of rotatable bonds is 4. The minimum atomic E-state index is -1.04. The molecule has 0 fully saturated rings. The predicted molar refractivity (Wildman–Crippen MR) is 107 cm³/mol. The molecule has 4 heteroatoms. The quantitative estimate of drug-likeness (QED) is 0.521. The summed E-state index contributed by atoms with van der Waals surface area (Å²) in [4.78, 5) is 14.8. The molecule has 0 unspecified atom stereocenters. The van der Waals surface area contributed by atoms with Gasteiger partial charge in [-0.1, -0.05) is 57.9 Å². The van der Waals surface area contributed by atoms with E-state index in [2.05, 4.69) is 37.9 Å². The molecule has 0 aliphatic rings. The fourth-order valence-electron chi connectivity index (χ4n) is 1.84. The summed E-state index contributed by atoms with van der Waals surface area (Å²) in [6.07, 6.45) is 7.98. The van der Waals surface area contributed by atoms with Gasteiger partial charge in [-0.15, -0.1) is 0 Å². The van der Waals surface area contributed by atoms with E-state index in [1.807, 2.05) is 13.0 Å². The standard InChI is InChI=1S/C12H10N2O2.C5H10.C4H10/c1-7(13)8-3-2-4-10-9(8)5-6-11(14-10)12(15)16;1-3-5-4-2;1-3-4-2/h2-6,13H,1H3,(H,15,16);3,5H,4H2,1-2H3;3-4H2,1-2H3/b;5-3+;. The Morgan fingerprint density at radius 1 is 1.16 bits per heavy atom. The number of pyridine rings is 1. The zero-order valence-electron chi connectivity index (χ0n) is 16.0. The second-order valence-electron chi connectivity index (χ2n) is 5.48. The van der Waals surface area contributed by atoms with Crippen LogP contribution in [0.1, 0.15) is 69.9 Å². The van der Waals surface area contributed by atoms with Gasteiger partial charge >= 0.3 is 5.97 Å². The molecule has 0 atom stereocenters. The second kappa shape index (κ2) is 12.9. The molecule has 1 aromatic carbocycles. The van der Waals surface area contributed by atoms with Gasteiger partial charge in [-0.25, -0.2) is 9.78 Å². The minimum absolute atomic E-state index is 0.0206. The molecule has 0 bridgehead atoms. The molecule has 0 amide bonds. The van der Waals surface area contributed by atoms with Gasteiger partial charge in [-0.05, 0) is 38.5 Å². The summed E-state index contributed by atoms with van der Waals surface area (Å²) in [6.45, 7) is 10.2. The van der Waals surface area contributed by atoms with Gasteiger partial charge in [0, 0.05) is 16.7 Å². The number of fused-ring (bicyclic) bond motifs is 1. The SMILES string of the molecule is C/C=C/CC.CC(=N)c1cccc2nc(C(=O)O)ccc12.CCCC. The number of carboxylic acid groups (broad SMARTS) is 1. The molecule has 0 spiro atoms. The van der Waals surface area contributed by atoms with Gasteiger partial charge in [0.1, 0.15) is 5.69 Å². The Morgan fingerprint density at radius 3 is 2.20 bits per heavy atom. The molecular formula is C21H30N2O2. The van der Waals surface area contributed by atoms with Crippen molar-refractivity contribution in [1.29, 1.82) is 5.41 Å². The molecule has 0 radical (unpaired) electrons. The first kappa shape index (κ1) is 22.5. The van der Waals surface area contributed by atoms with Gasteiger partial charge in [0.05, 0.1) is 5.52 Å². The predicted octanol–water partition coefficient (Wildman–Crippen LogP) is 6.10. The molecule has 0 aliphatic carbocycles. The monoisotopic (exact) mass is 342 g/mol. The van der Waals surface area contributed by atoms with Gasteiger partial charge < -0.3 is 10.5 Å². The highest BCUT2D eigenvalue weighted by Crippen LogP contribution is 2.18. The van der Waals surface area contributed by atoms with Crippen LogP contribution in [0.25, 0.3) is 10.9 Å². The van der Waals surface area contributed by atoms with E-state index in [1.54, 1.807) is 25.1 Å². The number of carboxylic acids is 1. The molecule has 25 heavy (non-hydrogen) atoms. The molecular weight excluding hydrogens is 312 g/mol. The van der Waals surface area contributed by atoms with Gasteiger partial charge in [0.25, 0.3) is 0 Å². The van der Waals surface area contributed by atoms with Gasteiger partial charge in [-0.2, -0.15) is 0 Å². The summed E-state index contributed by atoms with van der Waals surface area (Å²) >= 11 is 0. The highest BCUT2D eigenvalue weighted by Gasteiger charge is 2.08. The van der Waals surface area contributed by atoms with Crippen molar-refractivity contribution in [2.45, 2.75) is 53.9 Å². The van der Waals surface area contributed by atoms with Crippen molar-refractivity contribution in [3.8, 4) is 0 Å². The molecule has 1 aromatic heterocycles. The average molecular weight is 342 g/mol. The van der Waals surface area contributed by atoms with Crippen LogP contribution in [0.4, 0.5) is 0 Å². The van der Waals surface area contributed by atoms with Gasteiger partial charge in [0.15, 0.2) is 0 Å². The summed E-state index contributed by atoms with van der Waals surface area (Å²) < 4.78 is 0. The Morgan fingerprint density at radius 2 is 1.80 bits per heavy atom. The lowest BCUT2D eigenvalue weighted by Gasteiger charge is -2.04. The number of unbranched alkanes of at least 4 members (excludes halogenated alkanes) is 1. The maximum Gasteiger partial charge on any atom is 0.354 e. The molecule has 2 aromatic rings. The van der Waals surface area contributed by atoms with Gasteiger partial charge in [0.2, 0.25) is 0 Å². The molecule has 0 saturated heterocycles. The van der Waals surface area contributed by atoms with Crippen molar-refractivity contribution in [2.75, 3.05) is 0 Å². The number of nitrogens with one attached hydrogen (secondary N) is 1. The first-order valence-electron chi connectivity index (χ1n) is 8.72. The Balaban J connectivity index is 0.000000536. The van der Waals surface area contributed by atoms with Crippen LogP contribution in [0.3, 0.4) is 0 Å². The van der Waals surface area contributed by atoms with E-state index in [9.17, 15) is 4.79 Å². The van der Waals surface area contributed by atoms with Crippen LogP contribution in [0.5, 0.6) is 0 Å². The minimum Gasteiger partial charge on any atom is -0.477 e.